The molecule has 0 radical (unpaired) electrons. The Bertz CT molecular complexity index is 683. The summed E-state index contributed by atoms with van der Waals surface area (Å²) < 4.78 is 2.23. The standard InChI is InChI=1S/C17H21ClN4O/c18-14-6-3-5-13(11-14)12-17(23)19-9-4-8-16-21-20-15-7-1-2-10-22(15)16/h3,5-6,11H,1-2,4,7-10,12H2,(H,19,23). The van der Waals surface area contributed by atoms with Crippen molar-refractivity contribution >= 4 is 17.5 Å². The summed E-state index contributed by atoms with van der Waals surface area (Å²) in [5, 5.41) is 12.1. The maximum Gasteiger partial charge on any atom is 0.224 e. The molecule has 0 saturated heterocycles. The van der Waals surface area contributed by atoms with Crippen molar-refractivity contribution in [2.45, 2.75) is 45.1 Å². The van der Waals surface area contributed by atoms with Gasteiger partial charge in [-0.2, -0.15) is 0 Å². The monoisotopic (exact) mass is 332 g/mol. The van der Waals surface area contributed by atoms with E-state index >= 15 is 0 Å². The topological polar surface area (TPSA) is 59.8 Å². The van der Waals surface area contributed by atoms with Crippen molar-refractivity contribution in [1.29, 1.82) is 0 Å². The third-order valence-corrected chi connectivity index (χ3v) is 4.32. The van der Waals surface area contributed by atoms with Crippen molar-refractivity contribution in [3.8, 4) is 0 Å². The van der Waals surface area contributed by atoms with Crippen LogP contribution < -0.4 is 5.32 Å². The Balaban J connectivity index is 1.41. The first-order chi connectivity index (χ1) is 11.2. The number of hydrogen-bond donors (Lipinski definition) is 1. The smallest absolute Gasteiger partial charge is 0.224 e. The van der Waals surface area contributed by atoms with E-state index < -0.39 is 0 Å². The zero-order valence-electron chi connectivity index (χ0n) is 13.1. The molecule has 1 amide bonds. The fourth-order valence-electron chi connectivity index (χ4n) is 2.92. The number of nitrogens with zero attached hydrogens (tertiary/aromatic N) is 3. The van der Waals surface area contributed by atoms with Gasteiger partial charge in [0, 0.05) is 31.0 Å². The van der Waals surface area contributed by atoms with E-state index in [9.17, 15) is 4.79 Å². The van der Waals surface area contributed by atoms with Gasteiger partial charge in [0.05, 0.1) is 6.42 Å². The summed E-state index contributed by atoms with van der Waals surface area (Å²) in [7, 11) is 0. The lowest BCUT2D eigenvalue weighted by atomic mass is 10.1. The molecule has 23 heavy (non-hydrogen) atoms. The molecule has 0 aliphatic carbocycles. The first-order valence-electron chi connectivity index (χ1n) is 8.14. The van der Waals surface area contributed by atoms with E-state index in [1.807, 2.05) is 24.3 Å². The Hall–Kier alpha value is -1.88. The van der Waals surface area contributed by atoms with Crippen LogP contribution in [0.2, 0.25) is 5.02 Å². The van der Waals surface area contributed by atoms with Crippen LogP contribution in [0, 0.1) is 0 Å². The molecule has 0 atom stereocenters. The number of carbonyl (C=O) groups excluding carboxylic acids is 1. The van der Waals surface area contributed by atoms with Gasteiger partial charge >= 0.3 is 0 Å². The van der Waals surface area contributed by atoms with Crippen molar-refractivity contribution < 1.29 is 4.79 Å². The molecule has 1 aromatic carbocycles. The van der Waals surface area contributed by atoms with E-state index in [1.165, 1.54) is 12.8 Å². The normalized spacial score (nSPS) is 13.6. The Morgan fingerprint density at radius 1 is 1.30 bits per heavy atom. The number of fused-ring (bicyclic) bond motifs is 1. The fraction of sp³-hybridized carbons (Fsp3) is 0.471. The number of nitrogens with one attached hydrogen (secondary N) is 1. The number of benzene rings is 1. The summed E-state index contributed by atoms with van der Waals surface area (Å²) in [6, 6.07) is 7.40. The molecule has 1 aliphatic rings. The van der Waals surface area contributed by atoms with Crippen LogP contribution in [-0.2, 0) is 30.6 Å². The largest absolute Gasteiger partial charge is 0.356 e. The Kier molecular flexibility index (Phi) is 5.28. The van der Waals surface area contributed by atoms with E-state index in [-0.39, 0.29) is 5.91 Å². The van der Waals surface area contributed by atoms with Crippen LogP contribution in [0.5, 0.6) is 0 Å². The highest BCUT2D eigenvalue weighted by atomic mass is 35.5. The highest BCUT2D eigenvalue weighted by molar-refractivity contribution is 6.30. The second-order valence-corrected chi connectivity index (χ2v) is 6.34. The van der Waals surface area contributed by atoms with Gasteiger partial charge in [0.25, 0.3) is 0 Å². The van der Waals surface area contributed by atoms with Crippen molar-refractivity contribution in [3.63, 3.8) is 0 Å². The molecule has 0 saturated carbocycles. The van der Waals surface area contributed by atoms with E-state index in [0.29, 0.717) is 18.0 Å². The molecule has 6 heteroatoms. The molecule has 1 N–H and O–H groups in total. The maximum atomic E-state index is 11.9. The third-order valence-electron chi connectivity index (χ3n) is 4.09. The first-order valence-corrected chi connectivity index (χ1v) is 8.52. The lowest BCUT2D eigenvalue weighted by molar-refractivity contribution is -0.120. The van der Waals surface area contributed by atoms with Crippen molar-refractivity contribution in [2.75, 3.05) is 6.54 Å². The Morgan fingerprint density at radius 2 is 2.22 bits per heavy atom. The number of amides is 1. The molecule has 1 aromatic heterocycles. The fourth-order valence-corrected chi connectivity index (χ4v) is 3.14. The summed E-state index contributed by atoms with van der Waals surface area (Å²) in [6.45, 7) is 1.68. The van der Waals surface area contributed by atoms with Crippen molar-refractivity contribution in [3.05, 3.63) is 46.5 Å². The van der Waals surface area contributed by atoms with Gasteiger partial charge in [0.2, 0.25) is 5.91 Å². The second kappa shape index (κ2) is 7.59. The number of aromatic nitrogens is 3. The number of halogens is 1. The average molecular weight is 333 g/mol. The van der Waals surface area contributed by atoms with E-state index in [1.54, 1.807) is 0 Å². The molecule has 0 spiro atoms. The molecular weight excluding hydrogens is 312 g/mol. The second-order valence-electron chi connectivity index (χ2n) is 5.90. The highest BCUT2D eigenvalue weighted by Gasteiger charge is 2.15. The van der Waals surface area contributed by atoms with Crippen LogP contribution in [0.4, 0.5) is 0 Å². The van der Waals surface area contributed by atoms with Gasteiger partial charge in [-0.15, -0.1) is 10.2 Å². The van der Waals surface area contributed by atoms with Crippen LogP contribution in [0.25, 0.3) is 0 Å². The minimum Gasteiger partial charge on any atom is -0.356 e. The highest BCUT2D eigenvalue weighted by Crippen LogP contribution is 2.15. The summed E-state index contributed by atoms with van der Waals surface area (Å²) in [6.07, 6.45) is 5.53. The number of aryl methyl sites for hydroxylation is 2. The minimum atomic E-state index is 0.0236. The van der Waals surface area contributed by atoms with E-state index in [0.717, 1.165) is 43.0 Å². The number of carbonyl (C=O) groups is 1. The van der Waals surface area contributed by atoms with Gasteiger partial charge in [-0.05, 0) is 37.0 Å². The lowest BCUT2D eigenvalue weighted by Crippen LogP contribution is -2.26. The quantitative estimate of drug-likeness (QED) is 0.827. The van der Waals surface area contributed by atoms with Crippen LogP contribution in [0.15, 0.2) is 24.3 Å². The van der Waals surface area contributed by atoms with Gasteiger partial charge in [-0.25, -0.2) is 0 Å². The number of rotatable bonds is 6. The van der Waals surface area contributed by atoms with Gasteiger partial charge in [-0.1, -0.05) is 23.7 Å². The first kappa shape index (κ1) is 16.0. The molecule has 3 rings (SSSR count). The minimum absolute atomic E-state index is 0.0236. The Labute approximate surface area is 141 Å². The molecule has 0 fully saturated rings. The molecular formula is C17H21ClN4O. The van der Waals surface area contributed by atoms with Gasteiger partial charge < -0.3 is 9.88 Å². The van der Waals surface area contributed by atoms with E-state index in [2.05, 4.69) is 20.1 Å². The number of hydrogen-bond acceptors (Lipinski definition) is 3. The van der Waals surface area contributed by atoms with Crippen molar-refractivity contribution in [1.82, 2.24) is 20.1 Å². The van der Waals surface area contributed by atoms with E-state index in [4.69, 9.17) is 11.6 Å². The van der Waals surface area contributed by atoms with Crippen LogP contribution >= 0.6 is 11.6 Å². The molecule has 122 valence electrons. The summed E-state index contributed by atoms with van der Waals surface area (Å²) >= 11 is 5.92. The third kappa shape index (κ3) is 4.32. The zero-order valence-corrected chi connectivity index (χ0v) is 13.9. The maximum absolute atomic E-state index is 11.9. The van der Waals surface area contributed by atoms with Crippen LogP contribution in [0.3, 0.4) is 0 Å². The SMILES string of the molecule is O=C(Cc1cccc(Cl)c1)NCCCc1nnc2n1CCCC2. The molecule has 1 aliphatic heterocycles. The van der Waals surface area contributed by atoms with Gasteiger partial charge in [-0.3, -0.25) is 4.79 Å². The van der Waals surface area contributed by atoms with Crippen LogP contribution in [-0.4, -0.2) is 27.2 Å². The van der Waals surface area contributed by atoms with Gasteiger partial charge in [0.1, 0.15) is 11.6 Å². The predicted molar refractivity (Wildman–Crippen MR) is 89.4 cm³/mol. The van der Waals surface area contributed by atoms with Crippen molar-refractivity contribution in [2.24, 2.45) is 0 Å². The lowest BCUT2D eigenvalue weighted by Gasteiger charge is -2.14. The zero-order chi connectivity index (χ0) is 16.1. The van der Waals surface area contributed by atoms with Gasteiger partial charge in [0.15, 0.2) is 0 Å². The predicted octanol–water partition coefficient (Wildman–Crippen LogP) is 2.56. The molecule has 0 bridgehead atoms. The molecule has 2 heterocycles. The molecule has 0 unspecified atom stereocenters. The van der Waals surface area contributed by atoms with Crippen LogP contribution in [0.1, 0.15) is 36.5 Å². The summed E-state index contributed by atoms with van der Waals surface area (Å²) in [5.41, 5.74) is 0.932. The Morgan fingerprint density at radius 3 is 3.09 bits per heavy atom. The average Bonchev–Trinajstić information content (AvgIpc) is 2.95. The molecule has 2 aromatic rings. The summed E-state index contributed by atoms with van der Waals surface area (Å²) in [5.74, 6) is 2.18. The molecule has 5 nitrogen and oxygen atoms in total. The summed E-state index contributed by atoms with van der Waals surface area (Å²) in [4.78, 5) is 11.9.